The lowest BCUT2D eigenvalue weighted by Gasteiger charge is -2.23. The number of hydrogen-bond donors (Lipinski definition) is 3. The third kappa shape index (κ3) is 4.36. The Hall–Kier alpha value is -2.68. The maximum absolute atomic E-state index is 13.8. The second kappa shape index (κ2) is 8.34. The maximum Gasteiger partial charge on any atom is 0.257 e. The summed E-state index contributed by atoms with van der Waals surface area (Å²) >= 11 is 1.38. The number of nitrogens with one attached hydrogen (secondary N) is 3. The van der Waals surface area contributed by atoms with E-state index in [4.69, 9.17) is 0 Å². The number of amides is 2. The summed E-state index contributed by atoms with van der Waals surface area (Å²) in [6, 6.07) is 5.70. The van der Waals surface area contributed by atoms with E-state index < -0.39 is 29.1 Å². The van der Waals surface area contributed by atoms with Gasteiger partial charge in [0.15, 0.2) is 5.16 Å². The van der Waals surface area contributed by atoms with Crippen molar-refractivity contribution in [2.24, 2.45) is 0 Å². The first-order chi connectivity index (χ1) is 13.0. The van der Waals surface area contributed by atoms with Crippen molar-refractivity contribution in [2.45, 2.75) is 37.3 Å². The molecule has 0 fully saturated rings. The molecular formula is C18H19FN4O3S. The van der Waals surface area contributed by atoms with E-state index in [1.54, 1.807) is 6.07 Å². The number of carbonyl (C=O) groups is 2. The Balaban J connectivity index is 1.88. The highest BCUT2D eigenvalue weighted by Crippen LogP contribution is 2.30. The smallest absolute Gasteiger partial charge is 0.257 e. The molecule has 1 aliphatic heterocycles. The Bertz CT molecular complexity index is 931. The zero-order valence-corrected chi connectivity index (χ0v) is 15.5. The summed E-state index contributed by atoms with van der Waals surface area (Å²) in [6.45, 7) is 2.06. The first kappa shape index (κ1) is 19.1. The molecule has 0 unspecified atom stereocenters. The monoisotopic (exact) mass is 390 g/mol. The van der Waals surface area contributed by atoms with Crippen LogP contribution in [0.5, 0.6) is 0 Å². The maximum atomic E-state index is 13.8. The van der Waals surface area contributed by atoms with Crippen LogP contribution in [-0.2, 0) is 9.59 Å². The average Bonchev–Trinajstić information content (AvgIpc) is 2.62. The number of nitrogens with zero attached hydrogens (tertiary/aromatic N) is 1. The van der Waals surface area contributed by atoms with Gasteiger partial charge >= 0.3 is 0 Å². The number of benzene rings is 1. The predicted molar refractivity (Wildman–Crippen MR) is 102 cm³/mol. The molecule has 0 radical (unpaired) electrons. The SMILES string of the molecule is CCCCSc1nc2c(c(=O)[nH]1)[C@@H](C(=O)Nc1ccccc1F)CC(=O)N2. The van der Waals surface area contributed by atoms with Crippen LogP contribution in [0.15, 0.2) is 34.2 Å². The van der Waals surface area contributed by atoms with E-state index in [1.165, 1.54) is 30.0 Å². The van der Waals surface area contributed by atoms with Crippen LogP contribution >= 0.6 is 11.8 Å². The van der Waals surface area contributed by atoms with Gasteiger partial charge < -0.3 is 15.6 Å². The minimum Gasteiger partial charge on any atom is -0.323 e. The molecule has 27 heavy (non-hydrogen) atoms. The number of anilines is 2. The molecule has 0 saturated heterocycles. The lowest BCUT2D eigenvalue weighted by atomic mass is 9.92. The highest BCUT2D eigenvalue weighted by Gasteiger charge is 2.35. The quantitative estimate of drug-likeness (QED) is 0.400. The fraction of sp³-hybridized carbons (Fsp3) is 0.333. The lowest BCUT2D eigenvalue weighted by Crippen LogP contribution is -2.36. The fourth-order valence-electron chi connectivity index (χ4n) is 2.74. The Morgan fingerprint density at radius 1 is 1.37 bits per heavy atom. The molecule has 0 aliphatic carbocycles. The lowest BCUT2D eigenvalue weighted by molar-refractivity contribution is -0.123. The molecular weight excluding hydrogens is 371 g/mol. The van der Waals surface area contributed by atoms with Crippen LogP contribution in [0.1, 0.15) is 37.7 Å². The second-order valence-corrected chi connectivity index (χ2v) is 7.19. The third-order valence-electron chi connectivity index (χ3n) is 4.11. The topological polar surface area (TPSA) is 104 Å². The van der Waals surface area contributed by atoms with Gasteiger partial charge in [-0.3, -0.25) is 14.4 Å². The molecule has 1 aromatic heterocycles. The summed E-state index contributed by atoms with van der Waals surface area (Å²) < 4.78 is 13.8. The van der Waals surface area contributed by atoms with Crippen molar-refractivity contribution >= 4 is 35.1 Å². The van der Waals surface area contributed by atoms with Crippen molar-refractivity contribution in [3.05, 3.63) is 46.0 Å². The van der Waals surface area contributed by atoms with Crippen LogP contribution in [0.25, 0.3) is 0 Å². The third-order valence-corrected chi connectivity index (χ3v) is 5.07. The van der Waals surface area contributed by atoms with E-state index in [1.807, 2.05) is 0 Å². The average molecular weight is 390 g/mol. The van der Waals surface area contributed by atoms with Gasteiger partial charge in [-0.25, -0.2) is 9.37 Å². The van der Waals surface area contributed by atoms with Gasteiger partial charge in [0, 0.05) is 12.2 Å². The van der Waals surface area contributed by atoms with Gasteiger partial charge in [0.2, 0.25) is 11.8 Å². The summed E-state index contributed by atoms with van der Waals surface area (Å²) in [7, 11) is 0. The van der Waals surface area contributed by atoms with Crippen molar-refractivity contribution in [1.29, 1.82) is 0 Å². The molecule has 1 aliphatic rings. The van der Waals surface area contributed by atoms with E-state index in [2.05, 4.69) is 27.5 Å². The van der Waals surface area contributed by atoms with Crippen LogP contribution in [0.3, 0.4) is 0 Å². The molecule has 1 aromatic carbocycles. The number of unbranched alkanes of at least 4 members (excludes halogenated alkanes) is 1. The molecule has 2 aromatic rings. The molecule has 3 N–H and O–H groups in total. The number of carbonyl (C=O) groups excluding carboxylic acids is 2. The first-order valence-electron chi connectivity index (χ1n) is 8.61. The largest absolute Gasteiger partial charge is 0.323 e. The van der Waals surface area contributed by atoms with Crippen LogP contribution in [0.2, 0.25) is 0 Å². The number of aromatic amines is 1. The Labute approximate surface area is 159 Å². The summed E-state index contributed by atoms with van der Waals surface area (Å²) in [5, 5.41) is 5.39. The summed E-state index contributed by atoms with van der Waals surface area (Å²) in [5.41, 5.74) is -0.401. The highest BCUT2D eigenvalue weighted by atomic mass is 32.2. The molecule has 142 valence electrons. The molecule has 9 heteroatoms. The zero-order chi connectivity index (χ0) is 19.4. The van der Waals surface area contributed by atoms with Gasteiger partial charge in [0.25, 0.3) is 5.56 Å². The van der Waals surface area contributed by atoms with Gasteiger partial charge in [-0.05, 0) is 18.6 Å². The van der Waals surface area contributed by atoms with Crippen molar-refractivity contribution in [1.82, 2.24) is 9.97 Å². The Kier molecular flexibility index (Phi) is 5.90. The van der Waals surface area contributed by atoms with E-state index in [0.717, 1.165) is 18.6 Å². The molecule has 1 atom stereocenters. The number of fused-ring (bicyclic) bond motifs is 1. The molecule has 2 heterocycles. The van der Waals surface area contributed by atoms with Crippen LogP contribution in [0.4, 0.5) is 15.9 Å². The number of halogens is 1. The second-order valence-electron chi connectivity index (χ2n) is 6.11. The number of rotatable bonds is 6. The molecule has 0 saturated carbocycles. The number of H-pyrrole nitrogens is 1. The predicted octanol–water partition coefficient (Wildman–Crippen LogP) is 2.87. The standard InChI is InChI=1S/C18H19FN4O3S/c1-2-3-8-27-18-22-15-14(17(26)23-18)10(9-13(24)21-15)16(25)20-12-7-5-4-6-11(12)19/h4-7,10H,2-3,8-9H2,1H3,(H,20,25)(H2,21,22,23,24,26)/t10-/m0/s1. The van der Waals surface area contributed by atoms with Crippen LogP contribution < -0.4 is 16.2 Å². The zero-order valence-electron chi connectivity index (χ0n) is 14.7. The van der Waals surface area contributed by atoms with Gasteiger partial charge in [-0.2, -0.15) is 0 Å². The van der Waals surface area contributed by atoms with Gasteiger partial charge in [-0.15, -0.1) is 0 Å². The Morgan fingerprint density at radius 2 is 2.15 bits per heavy atom. The molecule has 3 rings (SSSR count). The highest BCUT2D eigenvalue weighted by molar-refractivity contribution is 7.99. The minimum absolute atomic E-state index is 0.00818. The van der Waals surface area contributed by atoms with Crippen molar-refractivity contribution in [2.75, 3.05) is 16.4 Å². The summed E-state index contributed by atoms with van der Waals surface area (Å²) in [4.78, 5) is 44.1. The number of hydrogen-bond acceptors (Lipinski definition) is 5. The number of aromatic nitrogens is 2. The molecule has 0 bridgehead atoms. The van der Waals surface area contributed by atoms with Crippen molar-refractivity contribution in [3.63, 3.8) is 0 Å². The van der Waals surface area contributed by atoms with Gasteiger partial charge in [0.05, 0.1) is 17.2 Å². The molecule has 0 spiro atoms. The van der Waals surface area contributed by atoms with Crippen LogP contribution in [0, 0.1) is 5.82 Å². The van der Waals surface area contributed by atoms with Gasteiger partial charge in [0.1, 0.15) is 11.6 Å². The normalized spacial score (nSPS) is 15.8. The van der Waals surface area contributed by atoms with Gasteiger partial charge in [-0.1, -0.05) is 37.2 Å². The van der Waals surface area contributed by atoms with E-state index in [0.29, 0.717) is 5.16 Å². The molecule has 7 nitrogen and oxygen atoms in total. The Morgan fingerprint density at radius 3 is 2.89 bits per heavy atom. The number of para-hydroxylation sites is 1. The summed E-state index contributed by atoms with van der Waals surface area (Å²) in [6.07, 6.45) is 1.77. The van der Waals surface area contributed by atoms with E-state index in [-0.39, 0.29) is 23.5 Å². The fourth-order valence-corrected chi connectivity index (χ4v) is 3.69. The summed E-state index contributed by atoms with van der Waals surface area (Å²) in [5.74, 6) is -1.82. The minimum atomic E-state index is -1.04. The molecule has 2 amide bonds. The van der Waals surface area contributed by atoms with E-state index in [9.17, 15) is 18.8 Å². The van der Waals surface area contributed by atoms with Crippen LogP contribution in [-0.4, -0.2) is 27.5 Å². The first-order valence-corrected chi connectivity index (χ1v) is 9.60. The van der Waals surface area contributed by atoms with Crippen molar-refractivity contribution < 1.29 is 14.0 Å². The number of thioether (sulfide) groups is 1. The van der Waals surface area contributed by atoms with E-state index >= 15 is 0 Å². The van der Waals surface area contributed by atoms with Crippen molar-refractivity contribution in [3.8, 4) is 0 Å².